The van der Waals surface area contributed by atoms with Crippen LogP contribution < -0.4 is 31.2 Å². The van der Waals surface area contributed by atoms with Crippen LogP contribution in [-0.4, -0.2) is 104 Å². The van der Waals surface area contributed by atoms with E-state index in [4.69, 9.17) is 24.7 Å². The van der Waals surface area contributed by atoms with Crippen molar-refractivity contribution in [2.75, 3.05) is 20.0 Å². The number of carboxylic acid groups (broad SMARTS) is 1. The van der Waals surface area contributed by atoms with E-state index < -0.39 is 66.0 Å². The Hall–Kier alpha value is -6.01. The Morgan fingerprint density at radius 3 is 1.98 bits per heavy atom. The molecule has 1 aliphatic rings. The maximum atomic E-state index is 14.1. The third kappa shape index (κ3) is 9.27. The van der Waals surface area contributed by atoms with E-state index in [-0.39, 0.29) is 29.8 Å². The molecular formula is C35H42N8O10. The Morgan fingerprint density at radius 2 is 1.45 bits per heavy atom. The molecule has 0 spiro atoms. The molecule has 1 aliphatic heterocycles. The lowest BCUT2D eigenvalue weighted by Gasteiger charge is -2.27. The van der Waals surface area contributed by atoms with Crippen molar-refractivity contribution >= 4 is 40.9 Å². The van der Waals surface area contributed by atoms with Gasteiger partial charge in [0.2, 0.25) is 11.8 Å². The second kappa shape index (κ2) is 16.1. The monoisotopic (exact) mass is 734 g/mol. The number of alkyl carbamates (subject to hydrolysis) is 1. The zero-order valence-corrected chi connectivity index (χ0v) is 29.7. The molecule has 2 aromatic heterocycles. The first-order chi connectivity index (χ1) is 25.2. The van der Waals surface area contributed by atoms with Crippen LogP contribution in [0.5, 0.6) is 11.5 Å². The number of nitrogen functional groups attached to an aromatic ring is 1. The van der Waals surface area contributed by atoms with Gasteiger partial charge in [-0.3, -0.25) is 14.2 Å². The molecule has 0 aliphatic carbocycles. The van der Waals surface area contributed by atoms with E-state index in [2.05, 4.69) is 30.9 Å². The van der Waals surface area contributed by atoms with Crippen molar-refractivity contribution in [1.82, 2.24) is 35.5 Å². The number of methoxy groups -OCH3 is 2. The van der Waals surface area contributed by atoms with Gasteiger partial charge in [0.25, 0.3) is 0 Å². The van der Waals surface area contributed by atoms with Gasteiger partial charge in [0, 0.05) is 12.8 Å². The summed E-state index contributed by atoms with van der Waals surface area (Å²) in [6.45, 7) is 5.03. The van der Waals surface area contributed by atoms with Crippen molar-refractivity contribution in [3.8, 4) is 11.5 Å². The molecule has 0 radical (unpaired) electrons. The van der Waals surface area contributed by atoms with E-state index in [1.807, 2.05) is 0 Å². The van der Waals surface area contributed by atoms with E-state index in [9.17, 15) is 29.4 Å². The molecule has 3 amide bonds. The number of amides is 3. The number of benzene rings is 2. The van der Waals surface area contributed by atoms with Crippen LogP contribution >= 0.6 is 0 Å². The van der Waals surface area contributed by atoms with Gasteiger partial charge in [0.15, 0.2) is 23.8 Å². The number of nitrogens with one attached hydrogen (secondary N) is 3. The predicted molar refractivity (Wildman–Crippen MR) is 188 cm³/mol. The summed E-state index contributed by atoms with van der Waals surface area (Å²) in [6.07, 6.45) is -3.16. The molecule has 6 atom stereocenters. The number of hydrogen-bond donors (Lipinski definition) is 6. The minimum absolute atomic E-state index is 0.0107. The maximum absolute atomic E-state index is 14.1. The SMILES string of the molecule is COc1ccc(C[C@H](NC(=O)OC(C)(C)C)C(=O)N[C@@H](Cc2ccc(OC)cc2)C(=O)N[C@H]2[C@@H](O)[C@H](n3cnc4c(N)ncnc43)O[C@@H]2C(=O)O)cc1. The number of nitrogens with two attached hydrogens (primary N) is 1. The molecule has 3 heterocycles. The number of nitrogens with zero attached hydrogens (tertiary/aromatic N) is 4. The first-order valence-corrected chi connectivity index (χ1v) is 16.5. The molecule has 0 bridgehead atoms. The Bertz CT molecular complexity index is 1930. The lowest BCUT2D eigenvalue weighted by molar-refractivity contribution is -0.152. The van der Waals surface area contributed by atoms with Crippen molar-refractivity contribution in [3.05, 3.63) is 72.3 Å². The molecule has 7 N–H and O–H groups in total. The van der Waals surface area contributed by atoms with Crippen molar-refractivity contribution in [1.29, 1.82) is 0 Å². The number of ether oxygens (including phenoxy) is 4. The summed E-state index contributed by atoms with van der Waals surface area (Å²) < 4.78 is 22.9. The van der Waals surface area contributed by atoms with Gasteiger partial charge in [0.05, 0.1) is 26.6 Å². The highest BCUT2D eigenvalue weighted by molar-refractivity contribution is 5.92. The van der Waals surface area contributed by atoms with Gasteiger partial charge in [-0.25, -0.2) is 24.5 Å². The van der Waals surface area contributed by atoms with E-state index in [0.29, 0.717) is 22.6 Å². The number of rotatable bonds is 13. The van der Waals surface area contributed by atoms with E-state index >= 15 is 0 Å². The van der Waals surface area contributed by atoms with Gasteiger partial charge in [-0.05, 0) is 56.2 Å². The fourth-order valence-electron chi connectivity index (χ4n) is 5.73. The van der Waals surface area contributed by atoms with Gasteiger partial charge >= 0.3 is 12.1 Å². The average molecular weight is 735 g/mol. The molecule has 282 valence electrons. The number of aliphatic carboxylic acids is 1. The summed E-state index contributed by atoms with van der Waals surface area (Å²) in [5.41, 5.74) is 6.67. The van der Waals surface area contributed by atoms with Crippen molar-refractivity contribution in [3.63, 3.8) is 0 Å². The van der Waals surface area contributed by atoms with Gasteiger partial charge in [-0.2, -0.15) is 0 Å². The van der Waals surface area contributed by atoms with Crippen LogP contribution in [0.25, 0.3) is 11.2 Å². The summed E-state index contributed by atoms with van der Waals surface area (Å²) in [7, 11) is 3.02. The van der Waals surface area contributed by atoms with Crippen LogP contribution in [0.2, 0.25) is 0 Å². The second-order valence-electron chi connectivity index (χ2n) is 13.3. The molecule has 18 heteroatoms. The summed E-state index contributed by atoms with van der Waals surface area (Å²) in [4.78, 5) is 65.5. The highest BCUT2D eigenvalue weighted by Gasteiger charge is 2.50. The zero-order valence-electron chi connectivity index (χ0n) is 29.7. The van der Waals surface area contributed by atoms with Crippen LogP contribution in [0.4, 0.5) is 10.6 Å². The number of anilines is 1. The molecule has 18 nitrogen and oxygen atoms in total. The number of fused-ring (bicyclic) bond motifs is 1. The summed E-state index contributed by atoms with van der Waals surface area (Å²) >= 11 is 0. The first-order valence-electron chi connectivity index (χ1n) is 16.5. The zero-order chi connectivity index (χ0) is 38.4. The number of aromatic nitrogens is 4. The second-order valence-corrected chi connectivity index (χ2v) is 13.3. The lowest BCUT2D eigenvalue weighted by Crippen LogP contribution is -2.59. The molecular weight excluding hydrogens is 692 g/mol. The Labute approximate surface area is 304 Å². The third-order valence-electron chi connectivity index (χ3n) is 8.32. The normalized spacial score (nSPS) is 19.5. The number of imidazole rings is 1. The molecule has 1 saturated heterocycles. The lowest BCUT2D eigenvalue weighted by atomic mass is 10.0. The molecule has 5 rings (SSSR count). The quantitative estimate of drug-likeness (QED) is 0.113. The topological polar surface area (TPSA) is 251 Å². The minimum Gasteiger partial charge on any atom is -0.497 e. The molecule has 53 heavy (non-hydrogen) atoms. The molecule has 0 saturated carbocycles. The number of carbonyl (C=O) groups is 4. The minimum atomic E-state index is -1.72. The number of aliphatic hydroxyl groups is 1. The van der Waals surface area contributed by atoms with E-state index in [1.54, 1.807) is 69.3 Å². The Balaban J connectivity index is 1.42. The maximum Gasteiger partial charge on any atom is 0.408 e. The average Bonchev–Trinajstić information content (AvgIpc) is 3.68. The van der Waals surface area contributed by atoms with Crippen LogP contribution in [0.1, 0.15) is 38.1 Å². The van der Waals surface area contributed by atoms with E-state index in [0.717, 1.165) is 0 Å². The van der Waals surface area contributed by atoms with Crippen LogP contribution in [0.3, 0.4) is 0 Å². The highest BCUT2D eigenvalue weighted by Crippen LogP contribution is 2.32. The number of carboxylic acids is 1. The predicted octanol–water partition coefficient (Wildman–Crippen LogP) is 1.12. The van der Waals surface area contributed by atoms with Crippen molar-refractivity contribution < 1.29 is 48.3 Å². The first kappa shape index (κ1) is 38.2. The largest absolute Gasteiger partial charge is 0.497 e. The molecule has 0 unspecified atom stereocenters. The summed E-state index contributed by atoms with van der Waals surface area (Å²) in [5, 5.41) is 29.4. The fourth-order valence-corrected chi connectivity index (χ4v) is 5.73. The Kier molecular flexibility index (Phi) is 11.6. The number of carbonyl (C=O) groups excluding carboxylic acids is 3. The molecule has 1 fully saturated rings. The third-order valence-corrected chi connectivity index (χ3v) is 8.32. The molecule has 2 aromatic carbocycles. The van der Waals surface area contributed by atoms with Crippen molar-refractivity contribution in [2.45, 2.75) is 75.8 Å². The van der Waals surface area contributed by atoms with Crippen molar-refractivity contribution in [2.24, 2.45) is 0 Å². The summed E-state index contributed by atoms with van der Waals surface area (Å²) in [6, 6.07) is 9.55. The van der Waals surface area contributed by atoms with Gasteiger partial charge in [0.1, 0.15) is 47.1 Å². The Morgan fingerprint density at radius 1 is 0.887 bits per heavy atom. The smallest absolute Gasteiger partial charge is 0.408 e. The van der Waals surface area contributed by atoms with Crippen LogP contribution in [0, 0.1) is 0 Å². The number of aliphatic hydroxyl groups excluding tert-OH is 1. The molecule has 4 aromatic rings. The number of hydrogen-bond acceptors (Lipinski definition) is 13. The standard InChI is InChI=1S/C35H42N8O10/c1-35(2,3)53-34(49)41-23(15-19-8-12-21(51-5)13-9-19)30(45)40-22(14-18-6-10-20(50-4)11-7-18)31(46)42-24-26(44)32(52-27(24)33(47)48)43-17-39-25-28(36)37-16-38-29(25)43/h6-13,16-17,22-24,26-27,32,44H,14-15H2,1-5H3,(H,40,45)(H,41,49)(H,42,46)(H,47,48)(H2,36,37,38)/t22-,23-,24-,26+,27-,32+/m0/s1. The van der Waals surface area contributed by atoms with Gasteiger partial charge in [-0.15, -0.1) is 0 Å². The van der Waals surface area contributed by atoms with Gasteiger partial charge < -0.3 is 50.8 Å². The highest BCUT2D eigenvalue weighted by atomic mass is 16.6. The van der Waals surface area contributed by atoms with Crippen LogP contribution in [0.15, 0.2) is 61.2 Å². The van der Waals surface area contributed by atoms with Crippen LogP contribution in [-0.2, 0) is 36.7 Å². The fraction of sp³-hybridized carbons (Fsp3) is 0.400. The summed E-state index contributed by atoms with van der Waals surface area (Å²) in [5.74, 6) is -1.84. The van der Waals surface area contributed by atoms with Gasteiger partial charge in [-0.1, -0.05) is 24.3 Å². The van der Waals surface area contributed by atoms with E-state index in [1.165, 1.54) is 31.4 Å².